The molecule has 0 amide bonds. The number of ether oxygens (including phenoxy) is 2. The second kappa shape index (κ2) is 9.46. The number of rotatable bonds is 7. The van der Waals surface area contributed by atoms with E-state index in [0.29, 0.717) is 11.4 Å². The fraction of sp³-hybridized carbons (Fsp3) is 0.182. The molecule has 0 saturated heterocycles. The minimum Gasteiger partial charge on any atom is -0.465 e. The van der Waals surface area contributed by atoms with E-state index in [1.54, 1.807) is 37.3 Å². The molecule has 1 heterocycles. The summed E-state index contributed by atoms with van der Waals surface area (Å²) in [4.78, 5) is 24.1. The Morgan fingerprint density at radius 2 is 1.72 bits per heavy atom. The maximum absolute atomic E-state index is 13.0. The molecule has 0 atom stereocenters. The van der Waals surface area contributed by atoms with Crippen molar-refractivity contribution in [1.82, 2.24) is 0 Å². The monoisotopic (exact) mass is 477 g/mol. The minimum absolute atomic E-state index is 0.0298. The van der Waals surface area contributed by atoms with Crippen LogP contribution < -0.4 is 4.31 Å². The first-order valence-corrected chi connectivity index (χ1v) is 11.1. The lowest BCUT2D eigenvalue weighted by molar-refractivity contribution is 0.0443. The predicted molar refractivity (Wildman–Crippen MR) is 117 cm³/mol. The van der Waals surface area contributed by atoms with Crippen molar-refractivity contribution < 1.29 is 31.9 Å². The number of halogens is 1. The van der Waals surface area contributed by atoms with Crippen molar-refractivity contribution in [2.24, 2.45) is 0 Å². The van der Waals surface area contributed by atoms with Crippen molar-refractivity contribution in [1.29, 1.82) is 0 Å². The lowest BCUT2D eigenvalue weighted by atomic mass is 10.2. The van der Waals surface area contributed by atoms with Crippen LogP contribution in [0.1, 0.15) is 32.2 Å². The van der Waals surface area contributed by atoms with Crippen LogP contribution in [0.25, 0.3) is 0 Å². The number of methoxy groups -OCH3 is 1. The van der Waals surface area contributed by atoms with Gasteiger partial charge in [-0.25, -0.2) is 18.0 Å². The van der Waals surface area contributed by atoms with Gasteiger partial charge in [0.15, 0.2) is 0 Å². The second-order valence-corrected chi connectivity index (χ2v) is 9.08. The number of benzene rings is 2. The van der Waals surface area contributed by atoms with Crippen molar-refractivity contribution in [3.8, 4) is 0 Å². The fourth-order valence-corrected chi connectivity index (χ4v) is 4.31. The van der Waals surface area contributed by atoms with Crippen LogP contribution in [0.3, 0.4) is 0 Å². The third-order valence-electron chi connectivity index (χ3n) is 4.66. The average Bonchev–Trinajstić information content (AvgIpc) is 3.17. The molecule has 1 aromatic heterocycles. The van der Waals surface area contributed by atoms with Crippen LogP contribution in [0, 0.1) is 6.92 Å². The van der Waals surface area contributed by atoms with Crippen LogP contribution in [0.2, 0.25) is 5.02 Å². The van der Waals surface area contributed by atoms with Crippen molar-refractivity contribution in [2.75, 3.05) is 18.5 Å². The van der Waals surface area contributed by atoms with Crippen molar-refractivity contribution in [3.63, 3.8) is 0 Å². The molecule has 0 radical (unpaired) electrons. The van der Waals surface area contributed by atoms with E-state index in [0.717, 1.165) is 10.4 Å². The highest BCUT2D eigenvalue weighted by Gasteiger charge is 2.24. The van der Waals surface area contributed by atoms with E-state index in [-0.39, 0.29) is 33.4 Å². The van der Waals surface area contributed by atoms with Gasteiger partial charge in [0.1, 0.15) is 23.7 Å². The fourth-order valence-electron chi connectivity index (χ4n) is 2.90. The third kappa shape index (κ3) is 4.79. The SMILES string of the molecule is COC(=O)c1cc(COC(=O)c2cc(S(=O)(=O)N(C)c3ccccc3)ccc2Cl)oc1C. The number of anilines is 1. The van der Waals surface area contributed by atoms with Gasteiger partial charge in [-0.05, 0) is 43.3 Å². The van der Waals surface area contributed by atoms with Gasteiger partial charge in [-0.15, -0.1) is 0 Å². The Morgan fingerprint density at radius 1 is 1.03 bits per heavy atom. The summed E-state index contributed by atoms with van der Waals surface area (Å²) in [5, 5.41) is 0.0298. The number of nitrogens with zero attached hydrogens (tertiary/aromatic N) is 1. The molecule has 0 saturated carbocycles. The van der Waals surface area contributed by atoms with E-state index >= 15 is 0 Å². The molecule has 0 aliphatic carbocycles. The van der Waals surface area contributed by atoms with Crippen molar-refractivity contribution in [3.05, 3.63) is 82.3 Å². The van der Waals surface area contributed by atoms with Gasteiger partial charge in [0.25, 0.3) is 10.0 Å². The molecule has 0 aliphatic rings. The largest absolute Gasteiger partial charge is 0.465 e. The Hall–Kier alpha value is -3.30. The van der Waals surface area contributed by atoms with Gasteiger partial charge in [0.05, 0.1) is 28.3 Å². The summed E-state index contributed by atoms with van der Waals surface area (Å²) in [6.07, 6.45) is 0. The lowest BCUT2D eigenvalue weighted by Crippen LogP contribution is -2.26. The van der Waals surface area contributed by atoms with Gasteiger partial charge < -0.3 is 13.9 Å². The van der Waals surface area contributed by atoms with E-state index in [4.69, 9.17) is 20.8 Å². The summed E-state index contributed by atoms with van der Waals surface area (Å²) in [6, 6.07) is 13.7. The maximum atomic E-state index is 13.0. The Labute approximate surface area is 190 Å². The summed E-state index contributed by atoms with van der Waals surface area (Å²) in [6.45, 7) is 1.29. The number of aryl methyl sites for hydroxylation is 1. The zero-order valence-corrected chi connectivity index (χ0v) is 19.1. The summed E-state index contributed by atoms with van der Waals surface area (Å²) in [5.74, 6) is -0.881. The number of furan rings is 1. The normalized spacial score (nSPS) is 11.1. The minimum atomic E-state index is -3.95. The topological polar surface area (TPSA) is 103 Å². The molecular weight excluding hydrogens is 458 g/mol. The molecule has 0 spiro atoms. The molecule has 0 aliphatic heterocycles. The second-order valence-electron chi connectivity index (χ2n) is 6.70. The Bertz CT molecular complexity index is 1250. The summed E-state index contributed by atoms with van der Waals surface area (Å²) < 4.78 is 42.4. The van der Waals surface area contributed by atoms with Crippen LogP contribution in [-0.2, 0) is 26.1 Å². The highest BCUT2D eigenvalue weighted by atomic mass is 35.5. The number of para-hydroxylation sites is 1. The highest BCUT2D eigenvalue weighted by molar-refractivity contribution is 7.92. The molecule has 2 aromatic carbocycles. The molecule has 10 heteroatoms. The van der Waals surface area contributed by atoms with Crippen LogP contribution in [-0.4, -0.2) is 34.5 Å². The molecule has 8 nitrogen and oxygen atoms in total. The predicted octanol–water partition coefficient (Wildman–Crippen LogP) is 4.21. The number of hydrogen-bond acceptors (Lipinski definition) is 7. The first-order valence-electron chi connectivity index (χ1n) is 9.33. The van der Waals surface area contributed by atoms with E-state index in [9.17, 15) is 18.0 Å². The number of carbonyl (C=O) groups is 2. The van der Waals surface area contributed by atoms with Crippen LogP contribution in [0.4, 0.5) is 5.69 Å². The molecule has 168 valence electrons. The van der Waals surface area contributed by atoms with E-state index < -0.39 is 22.0 Å². The van der Waals surface area contributed by atoms with Crippen LogP contribution in [0.5, 0.6) is 0 Å². The highest BCUT2D eigenvalue weighted by Crippen LogP contribution is 2.26. The molecule has 0 bridgehead atoms. The first-order chi connectivity index (χ1) is 15.1. The van der Waals surface area contributed by atoms with Crippen molar-refractivity contribution >= 4 is 39.3 Å². The van der Waals surface area contributed by atoms with Crippen LogP contribution in [0.15, 0.2) is 63.9 Å². The first kappa shape index (κ1) is 23.4. The Balaban J connectivity index is 1.81. The lowest BCUT2D eigenvalue weighted by Gasteiger charge is -2.20. The van der Waals surface area contributed by atoms with Crippen molar-refractivity contribution in [2.45, 2.75) is 18.4 Å². The Morgan fingerprint density at radius 3 is 2.38 bits per heavy atom. The third-order valence-corrected chi connectivity index (χ3v) is 6.77. The maximum Gasteiger partial charge on any atom is 0.341 e. The number of carbonyl (C=O) groups excluding carboxylic acids is 2. The molecule has 32 heavy (non-hydrogen) atoms. The van der Waals surface area contributed by atoms with E-state index in [1.165, 1.54) is 32.4 Å². The number of esters is 2. The standard InChI is InChI=1S/C22H20ClNO7S/c1-14-18(21(25)29-3)11-16(31-14)13-30-22(26)19-12-17(9-10-20(19)23)32(27,28)24(2)15-7-5-4-6-8-15/h4-12H,13H2,1-3H3. The van der Waals surface area contributed by atoms with Gasteiger partial charge in [0.2, 0.25) is 0 Å². The number of hydrogen-bond donors (Lipinski definition) is 0. The molecule has 0 unspecified atom stereocenters. The number of sulfonamides is 1. The van der Waals surface area contributed by atoms with E-state index in [2.05, 4.69) is 4.74 Å². The van der Waals surface area contributed by atoms with Gasteiger partial charge in [-0.3, -0.25) is 4.31 Å². The molecule has 0 N–H and O–H groups in total. The van der Waals surface area contributed by atoms with Gasteiger partial charge in [0, 0.05) is 7.05 Å². The van der Waals surface area contributed by atoms with E-state index in [1.807, 2.05) is 0 Å². The van der Waals surface area contributed by atoms with Gasteiger partial charge in [-0.2, -0.15) is 0 Å². The van der Waals surface area contributed by atoms with Gasteiger partial charge >= 0.3 is 11.9 Å². The smallest absolute Gasteiger partial charge is 0.341 e. The summed E-state index contributed by atoms with van der Waals surface area (Å²) in [5.41, 5.74) is 0.556. The van der Waals surface area contributed by atoms with Gasteiger partial charge in [-0.1, -0.05) is 29.8 Å². The Kier molecular flexibility index (Phi) is 6.90. The summed E-state index contributed by atoms with van der Waals surface area (Å²) >= 11 is 6.12. The molecule has 0 fully saturated rings. The quantitative estimate of drug-likeness (QED) is 0.469. The van der Waals surface area contributed by atoms with Crippen LogP contribution >= 0.6 is 11.6 Å². The zero-order chi connectivity index (χ0) is 23.5. The average molecular weight is 478 g/mol. The molecule has 3 aromatic rings. The molecular formula is C22H20ClNO7S. The summed E-state index contributed by atoms with van der Waals surface area (Å²) in [7, 11) is -1.29. The molecule has 3 rings (SSSR count). The zero-order valence-electron chi connectivity index (χ0n) is 17.5.